The number of nitrogens with zero attached hydrogens (tertiary/aromatic N) is 2. The van der Waals surface area contributed by atoms with Crippen LogP contribution in [0.3, 0.4) is 0 Å². The Labute approximate surface area is 220 Å². The Kier molecular flexibility index (Phi) is 9.47. The van der Waals surface area contributed by atoms with Gasteiger partial charge in [0.1, 0.15) is 12.6 Å². The van der Waals surface area contributed by atoms with Crippen LogP contribution >= 0.6 is 0 Å². The standard InChI is InChI=1S/C29H35N3O4S/c1-5-26(29(34)30-4)31(19-18-24-12-8-6-9-13-24)28(33)21-32(27-20-22(2)16-17-23(27)3)37(35,36)25-14-10-7-11-15-25/h6-17,20,26H,5,18-19,21H2,1-4H3,(H,30,34)/t26-/m0/s1. The molecule has 0 heterocycles. The van der Waals surface area contributed by atoms with Crippen LogP contribution in [0.4, 0.5) is 5.69 Å². The number of benzene rings is 3. The Morgan fingerprint density at radius 3 is 2.14 bits per heavy atom. The SMILES string of the molecule is CC[C@@H](C(=O)NC)N(CCc1ccccc1)C(=O)CN(c1cc(C)ccc1C)S(=O)(=O)c1ccccc1. The van der Waals surface area contributed by atoms with Gasteiger partial charge in [0.05, 0.1) is 10.6 Å². The van der Waals surface area contributed by atoms with Crippen molar-refractivity contribution in [2.75, 3.05) is 24.4 Å². The van der Waals surface area contributed by atoms with E-state index in [2.05, 4.69) is 5.32 Å². The number of hydrogen-bond donors (Lipinski definition) is 1. The minimum atomic E-state index is -4.06. The highest BCUT2D eigenvalue weighted by atomic mass is 32.2. The van der Waals surface area contributed by atoms with E-state index in [0.717, 1.165) is 16.7 Å². The number of anilines is 1. The average molecular weight is 522 g/mol. The monoisotopic (exact) mass is 521 g/mol. The van der Waals surface area contributed by atoms with Gasteiger partial charge in [-0.3, -0.25) is 13.9 Å². The van der Waals surface area contributed by atoms with Gasteiger partial charge >= 0.3 is 0 Å². The summed E-state index contributed by atoms with van der Waals surface area (Å²) in [6.45, 7) is 5.39. The Morgan fingerprint density at radius 1 is 0.919 bits per heavy atom. The first kappa shape index (κ1) is 27.9. The molecule has 1 N–H and O–H groups in total. The van der Waals surface area contributed by atoms with Gasteiger partial charge in [0.15, 0.2) is 0 Å². The summed E-state index contributed by atoms with van der Waals surface area (Å²) in [7, 11) is -2.53. The molecule has 196 valence electrons. The molecule has 37 heavy (non-hydrogen) atoms. The van der Waals surface area contributed by atoms with Crippen molar-refractivity contribution in [1.29, 1.82) is 0 Å². The summed E-state index contributed by atoms with van der Waals surface area (Å²) in [6, 6.07) is 22.6. The lowest BCUT2D eigenvalue weighted by molar-refractivity contribution is -0.139. The summed E-state index contributed by atoms with van der Waals surface area (Å²) < 4.78 is 28.8. The van der Waals surface area contributed by atoms with E-state index in [9.17, 15) is 18.0 Å². The third kappa shape index (κ3) is 6.77. The summed E-state index contributed by atoms with van der Waals surface area (Å²) in [5, 5.41) is 2.64. The quantitative estimate of drug-likeness (QED) is 0.412. The van der Waals surface area contributed by atoms with Gasteiger partial charge in [-0.1, -0.05) is 67.6 Å². The number of sulfonamides is 1. The number of likely N-dealkylation sites (N-methyl/N-ethyl adjacent to an activating group) is 1. The summed E-state index contributed by atoms with van der Waals surface area (Å²) in [5.41, 5.74) is 3.06. The summed E-state index contributed by atoms with van der Waals surface area (Å²) in [4.78, 5) is 28.2. The third-order valence-electron chi connectivity index (χ3n) is 6.36. The highest BCUT2D eigenvalue weighted by Gasteiger charge is 2.33. The molecule has 2 amide bonds. The van der Waals surface area contributed by atoms with Gasteiger partial charge in [-0.2, -0.15) is 0 Å². The molecule has 1 atom stereocenters. The Morgan fingerprint density at radius 2 is 1.54 bits per heavy atom. The molecule has 0 aliphatic carbocycles. The van der Waals surface area contributed by atoms with Gasteiger partial charge in [0.2, 0.25) is 11.8 Å². The van der Waals surface area contributed by atoms with Crippen LogP contribution < -0.4 is 9.62 Å². The molecular formula is C29H35N3O4S. The number of amides is 2. The molecular weight excluding hydrogens is 486 g/mol. The minimum absolute atomic E-state index is 0.0953. The molecule has 3 rings (SSSR count). The third-order valence-corrected chi connectivity index (χ3v) is 8.13. The van der Waals surface area contributed by atoms with Crippen LogP contribution in [0.15, 0.2) is 83.8 Å². The van der Waals surface area contributed by atoms with E-state index in [0.29, 0.717) is 18.5 Å². The molecule has 3 aromatic rings. The summed E-state index contributed by atoms with van der Waals surface area (Å²) >= 11 is 0. The van der Waals surface area contributed by atoms with Crippen molar-refractivity contribution in [3.63, 3.8) is 0 Å². The van der Waals surface area contributed by atoms with E-state index in [1.54, 1.807) is 24.3 Å². The highest BCUT2D eigenvalue weighted by molar-refractivity contribution is 7.92. The maximum atomic E-state index is 13.9. The van der Waals surface area contributed by atoms with Gasteiger partial charge < -0.3 is 10.2 Å². The second-order valence-electron chi connectivity index (χ2n) is 8.98. The molecule has 0 saturated carbocycles. The largest absolute Gasteiger partial charge is 0.357 e. The maximum absolute atomic E-state index is 13.9. The van der Waals surface area contributed by atoms with E-state index in [1.165, 1.54) is 28.4 Å². The summed E-state index contributed by atoms with van der Waals surface area (Å²) in [6.07, 6.45) is 0.935. The molecule has 0 saturated heterocycles. The molecule has 3 aromatic carbocycles. The van der Waals surface area contributed by atoms with Crippen LogP contribution in [0.25, 0.3) is 0 Å². The number of carbonyl (C=O) groups is 2. The van der Waals surface area contributed by atoms with E-state index in [4.69, 9.17) is 0 Å². The zero-order chi connectivity index (χ0) is 27.0. The van der Waals surface area contributed by atoms with Crippen molar-refractivity contribution in [3.8, 4) is 0 Å². The molecule has 0 radical (unpaired) electrons. The van der Waals surface area contributed by atoms with E-state index < -0.39 is 28.5 Å². The van der Waals surface area contributed by atoms with Crippen LogP contribution in [-0.2, 0) is 26.0 Å². The van der Waals surface area contributed by atoms with Crippen molar-refractivity contribution in [2.45, 2.75) is 44.6 Å². The van der Waals surface area contributed by atoms with E-state index in [-0.39, 0.29) is 17.3 Å². The Hall–Kier alpha value is -3.65. The van der Waals surface area contributed by atoms with Gasteiger partial charge in [0.25, 0.3) is 10.0 Å². The topological polar surface area (TPSA) is 86.8 Å². The molecule has 8 heteroatoms. The zero-order valence-electron chi connectivity index (χ0n) is 21.8. The number of aryl methyl sites for hydroxylation is 2. The first-order chi connectivity index (χ1) is 17.7. The second kappa shape index (κ2) is 12.5. The van der Waals surface area contributed by atoms with Gasteiger partial charge in [-0.25, -0.2) is 8.42 Å². The molecule has 0 spiro atoms. The molecule has 0 unspecified atom stereocenters. The van der Waals surface area contributed by atoms with Crippen molar-refractivity contribution >= 4 is 27.5 Å². The van der Waals surface area contributed by atoms with Gasteiger partial charge in [0, 0.05) is 13.6 Å². The predicted octanol–water partition coefficient (Wildman–Crippen LogP) is 4.09. The lowest BCUT2D eigenvalue weighted by atomic mass is 10.1. The smallest absolute Gasteiger partial charge is 0.264 e. The minimum Gasteiger partial charge on any atom is -0.357 e. The van der Waals surface area contributed by atoms with Crippen molar-refractivity contribution in [1.82, 2.24) is 10.2 Å². The van der Waals surface area contributed by atoms with E-state index >= 15 is 0 Å². The lowest BCUT2D eigenvalue weighted by Gasteiger charge is -2.33. The molecule has 0 aliphatic rings. The van der Waals surface area contributed by atoms with Crippen molar-refractivity contribution in [3.05, 3.63) is 95.6 Å². The predicted molar refractivity (Wildman–Crippen MR) is 147 cm³/mol. The van der Waals surface area contributed by atoms with Crippen molar-refractivity contribution < 1.29 is 18.0 Å². The van der Waals surface area contributed by atoms with E-state index in [1.807, 2.05) is 63.2 Å². The van der Waals surface area contributed by atoms with Gasteiger partial charge in [-0.05, 0) is 61.6 Å². The van der Waals surface area contributed by atoms with Crippen LogP contribution in [-0.4, -0.2) is 51.3 Å². The molecule has 0 aliphatic heterocycles. The fourth-order valence-corrected chi connectivity index (χ4v) is 5.78. The molecule has 0 bridgehead atoms. The summed E-state index contributed by atoms with van der Waals surface area (Å²) in [5.74, 6) is -0.722. The van der Waals surface area contributed by atoms with Crippen LogP contribution in [0, 0.1) is 13.8 Å². The Bertz CT molecular complexity index is 1310. The Balaban J connectivity index is 2.03. The van der Waals surface area contributed by atoms with Crippen LogP contribution in [0.1, 0.15) is 30.0 Å². The number of hydrogen-bond acceptors (Lipinski definition) is 4. The average Bonchev–Trinajstić information content (AvgIpc) is 2.91. The van der Waals surface area contributed by atoms with Crippen molar-refractivity contribution in [2.24, 2.45) is 0 Å². The second-order valence-corrected chi connectivity index (χ2v) is 10.8. The fraction of sp³-hybridized carbons (Fsp3) is 0.310. The normalized spacial score (nSPS) is 12.0. The molecule has 7 nitrogen and oxygen atoms in total. The highest BCUT2D eigenvalue weighted by Crippen LogP contribution is 2.28. The number of rotatable bonds is 11. The number of nitrogens with one attached hydrogen (secondary N) is 1. The first-order valence-corrected chi connectivity index (χ1v) is 13.8. The molecule has 0 fully saturated rings. The lowest BCUT2D eigenvalue weighted by Crippen LogP contribution is -2.52. The zero-order valence-corrected chi connectivity index (χ0v) is 22.7. The van der Waals surface area contributed by atoms with Crippen LogP contribution in [0.5, 0.6) is 0 Å². The first-order valence-electron chi connectivity index (χ1n) is 12.4. The fourth-order valence-electron chi connectivity index (χ4n) is 4.28. The number of carbonyl (C=O) groups excluding carboxylic acids is 2. The maximum Gasteiger partial charge on any atom is 0.264 e. The molecule has 0 aromatic heterocycles. The van der Waals surface area contributed by atoms with Gasteiger partial charge in [-0.15, -0.1) is 0 Å². The van der Waals surface area contributed by atoms with Crippen LogP contribution in [0.2, 0.25) is 0 Å².